The van der Waals surface area contributed by atoms with Gasteiger partial charge in [-0.3, -0.25) is 4.79 Å². The smallest absolute Gasteiger partial charge is 0.264 e. The van der Waals surface area contributed by atoms with Crippen LogP contribution in [0.25, 0.3) is 0 Å². The zero-order valence-electron chi connectivity index (χ0n) is 6.81. The molecule has 0 saturated carbocycles. The number of nitrogens with one attached hydrogen (secondary N) is 1. The summed E-state index contributed by atoms with van der Waals surface area (Å²) >= 11 is 0. The SMILES string of the molecule is O=c1cc2c(n[nH]1)CCC(F)(F)C2. The van der Waals surface area contributed by atoms with Crippen molar-refractivity contribution in [3.63, 3.8) is 0 Å². The van der Waals surface area contributed by atoms with Gasteiger partial charge >= 0.3 is 0 Å². The molecular formula is C8H8F2N2O. The van der Waals surface area contributed by atoms with Crippen molar-refractivity contribution in [2.45, 2.75) is 25.2 Å². The summed E-state index contributed by atoms with van der Waals surface area (Å²) in [6.07, 6.45) is -0.308. The van der Waals surface area contributed by atoms with Crippen molar-refractivity contribution in [3.8, 4) is 0 Å². The monoisotopic (exact) mass is 186 g/mol. The van der Waals surface area contributed by atoms with Crippen LogP contribution >= 0.6 is 0 Å². The van der Waals surface area contributed by atoms with Gasteiger partial charge in [-0.1, -0.05) is 0 Å². The number of nitrogens with zero attached hydrogens (tertiary/aromatic N) is 1. The lowest BCUT2D eigenvalue weighted by molar-refractivity contribution is -0.0129. The summed E-state index contributed by atoms with van der Waals surface area (Å²) in [7, 11) is 0. The molecule has 0 bridgehead atoms. The maximum atomic E-state index is 12.9. The third-order valence-corrected chi connectivity index (χ3v) is 2.15. The van der Waals surface area contributed by atoms with Crippen molar-refractivity contribution in [2.75, 3.05) is 0 Å². The molecule has 13 heavy (non-hydrogen) atoms. The highest BCUT2D eigenvalue weighted by Crippen LogP contribution is 2.30. The van der Waals surface area contributed by atoms with Crippen LogP contribution in [0.1, 0.15) is 17.7 Å². The second-order valence-corrected chi connectivity index (χ2v) is 3.24. The van der Waals surface area contributed by atoms with E-state index in [0.717, 1.165) is 0 Å². The van der Waals surface area contributed by atoms with E-state index in [2.05, 4.69) is 10.2 Å². The highest BCUT2D eigenvalue weighted by atomic mass is 19.3. The first kappa shape index (κ1) is 8.34. The Morgan fingerprint density at radius 1 is 1.54 bits per heavy atom. The van der Waals surface area contributed by atoms with Gasteiger partial charge in [0.05, 0.1) is 5.69 Å². The van der Waals surface area contributed by atoms with Crippen LogP contribution in [0.5, 0.6) is 0 Å². The molecule has 0 saturated heterocycles. The molecule has 70 valence electrons. The van der Waals surface area contributed by atoms with E-state index in [-0.39, 0.29) is 19.3 Å². The average Bonchev–Trinajstić information content (AvgIpc) is 2.01. The molecule has 0 aromatic carbocycles. The van der Waals surface area contributed by atoms with Crippen molar-refractivity contribution in [3.05, 3.63) is 27.7 Å². The summed E-state index contributed by atoms with van der Waals surface area (Å²) in [4.78, 5) is 10.8. The standard InChI is InChI=1S/C8H8F2N2O/c9-8(10)2-1-6-5(4-8)3-7(13)12-11-6/h3H,1-2,4H2,(H,12,13). The predicted molar refractivity (Wildman–Crippen MR) is 41.8 cm³/mol. The van der Waals surface area contributed by atoms with E-state index in [1.165, 1.54) is 6.07 Å². The summed E-state index contributed by atoms with van der Waals surface area (Å²) in [6.45, 7) is 0. The van der Waals surface area contributed by atoms with Crippen LogP contribution < -0.4 is 5.56 Å². The molecule has 0 amide bonds. The van der Waals surface area contributed by atoms with E-state index >= 15 is 0 Å². The van der Waals surface area contributed by atoms with Crippen LogP contribution in [0.15, 0.2) is 10.9 Å². The van der Waals surface area contributed by atoms with Gasteiger partial charge in [0, 0.05) is 18.9 Å². The van der Waals surface area contributed by atoms with Gasteiger partial charge in [0.25, 0.3) is 11.5 Å². The Bertz CT molecular complexity index is 386. The summed E-state index contributed by atoms with van der Waals surface area (Å²) in [5, 5.41) is 5.95. The maximum absolute atomic E-state index is 12.9. The van der Waals surface area contributed by atoms with Crippen LogP contribution in [0.2, 0.25) is 0 Å². The molecule has 1 aromatic heterocycles. The first-order chi connectivity index (χ1) is 6.07. The fraction of sp³-hybridized carbons (Fsp3) is 0.500. The van der Waals surface area contributed by atoms with Crippen molar-refractivity contribution < 1.29 is 8.78 Å². The lowest BCUT2D eigenvalue weighted by Crippen LogP contribution is -2.28. The third kappa shape index (κ3) is 1.59. The van der Waals surface area contributed by atoms with E-state index < -0.39 is 11.5 Å². The van der Waals surface area contributed by atoms with Gasteiger partial charge in [-0.15, -0.1) is 0 Å². The Labute approximate surface area is 72.8 Å². The van der Waals surface area contributed by atoms with Crippen LogP contribution in [0, 0.1) is 0 Å². The molecule has 2 rings (SSSR count). The topological polar surface area (TPSA) is 45.8 Å². The predicted octanol–water partition coefficient (Wildman–Crippen LogP) is 0.894. The van der Waals surface area contributed by atoms with Gasteiger partial charge < -0.3 is 0 Å². The number of hydrogen-bond acceptors (Lipinski definition) is 2. The molecule has 0 fully saturated rings. The Balaban J connectivity index is 2.44. The van der Waals surface area contributed by atoms with E-state index in [4.69, 9.17) is 0 Å². The second kappa shape index (κ2) is 2.61. The minimum absolute atomic E-state index is 0.182. The molecule has 0 aliphatic heterocycles. The lowest BCUT2D eigenvalue weighted by Gasteiger charge is -2.22. The number of aryl methyl sites for hydroxylation is 1. The molecule has 5 heteroatoms. The Kier molecular flexibility index (Phi) is 1.68. The van der Waals surface area contributed by atoms with Crippen LogP contribution in [0.4, 0.5) is 8.78 Å². The number of aromatic nitrogens is 2. The Hall–Kier alpha value is -1.26. The average molecular weight is 186 g/mol. The molecular weight excluding hydrogens is 178 g/mol. The van der Waals surface area contributed by atoms with Crippen LogP contribution in [0.3, 0.4) is 0 Å². The summed E-state index contributed by atoms with van der Waals surface area (Å²) in [5.74, 6) is -2.68. The molecule has 1 heterocycles. The number of aromatic amines is 1. The molecule has 0 spiro atoms. The molecule has 0 radical (unpaired) electrons. The quantitative estimate of drug-likeness (QED) is 0.654. The maximum Gasteiger partial charge on any atom is 0.264 e. The van der Waals surface area contributed by atoms with Crippen molar-refractivity contribution >= 4 is 0 Å². The highest BCUT2D eigenvalue weighted by Gasteiger charge is 2.34. The zero-order chi connectivity index (χ0) is 9.47. The number of rotatable bonds is 0. The number of hydrogen-bond donors (Lipinski definition) is 1. The second-order valence-electron chi connectivity index (χ2n) is 3.24. The molecule has 1 aliphatic carbocycles. The van der Waals surface area contributed by atoms with Crippen molar-refractivity contribution in [1.82, 2.24) is 10.2 Å². The van der Waals surface area contributed by atoms with E-state index in [1.807, 2.05) is 0 Å². The van der Waals surface area contributed by atoms with Crippen LogP contribution in [-0.4, -0.2) is 16.1 Å². The zero-order valence-corrected chi connectivity index (χ0v) is 6.81. The molecule has 1 N–H and O–H groups in total. The minimum atomic E-state index is -2.68. The Morgan fingerprint density at radius 2 is 2.31 bits per heavy atom. The number of fused-ring (bicyclic) bond motifs is 1. The molecule has 0 atom stereocenters. The fourth-order valence-corrected chi connectivity index (χ4v) is 1.51. The van der Waals surface area contributed by atoms with Crippen molar-refractivity contribution in [2.24, 2.45) is 0 Å². The summed E-state index contributed by atoms with van der Waals surface area (Å²) < 4.78 is 25.7. The molecule has 0 unspecified atom stereocenters. The van der Waals surface area contributed by atoms with Gasteiger partial charge in [0.15, 0.2) is 0 Å². The molecule has 1 aliphatic rings. The summed E-state index contributed by atoms with van der Waals surface area (Å²) in [6, 6.07) is 1.20. The first-order valence-corrected chi connectivity index (χ1v) is 4.02. The molecule has 3 nitrogen and oxygen atoms in total. The van der Waals surface area contributed by atoms with Gasteiger partial charge in [0.1, 0.15) is 0 Å². The van der Waals surface area contributed by atoms with Gasteiger partial charge in [-0.05, 0) is 12.0 Å². The number of halogens is 2. The molecule has 1 aromatic rings. The largest absolute Gasteiger partial charge is 0.268 e. The van der Waals surface area contributed by atoms with Gasteiger partial charge in [0.2, 0.25) is 0 Å². The lowest BCUT2D eigenvalue weighted by atomic mass is 9.94. The highest BCUT2D eigenvalue weighted by molar-refractivity contribution is 5.22. The van der Waals surface area contributed by atoms with E-state index in [0.29, 0.717) is 11.3 Å². The number of H-pyrrole nitrogens is 1. The minimum Gasteiger partial charge on any atom is -0.268 e. The fourth-order valence-electron chi connectivity index (χ4n) is 1.51. The number of alkyl halides is 2. The van der Waals surface area contributed by atoms with Gasteiger partial charge in [-0.2, -0.15) is 5.10 Å². The van der Waals surface area contributed by atoms with E-state index in [1.54, 1.807) is 0 Å². The van der Waals surface area contributed by atoms with Crippen LogP contribution in [-0.2, 0) is 12.8 Å². The van der Waals surface area contributed by atoms with Crippen molar-refractivity contribution in [1.29, 1.82) is 0 Å². The third-order valence-electron chi connectivity index (χ3n) is 2.15. The van der Waals surface area contributed by atoms with Gasteiger partial charge in [-0.25, -0.2) is 13.9 Å². The summed E-state index contributed by atoms with van der Waals surface area (Å²) in [5.41, 5.74) is 0.543. The van der Waals surface area contributed by atoms with E-state index in [9.17, 15) is 13.6 Å². The normalized spacial score (nSPS) is 19.5. The Morgan fingerprint density at radius 3 is 3.08 bits per heavy atom. The first-order valence-electron chi connectivity index (χ1n) is 4.02.